The van der Waals surface area contributed by atoms with Gasteiger partial charge in [-0.3, -0.25) is 4.79 Å². The maximum Gasteiger partial charge on any atom is 0.239 e. The van der Waals surface area contributed by atoms with E-state index >= 15 is 0 Å². The Morgan fingerprint density at radius 2 is 1.97 bits per heavy atom. The molecule has 152 valence electrons. The second-order valence-electron chi connectivity index (χ2n) is 7.45. The van der Waals surface area contributed by atoms with E-state index in [0.717, 1.165) is 48.0 Å². The summed E-state index contributed by atoms with van der Waals surface area (Å²) in [5.41, 5.74) is 3.24. The lowest BCUT2D eigenvalue weighted by molar-refractivity contribution is -0.121. The van der Waals surface area contributed by atoms with E-state index in [9.17, 15) is 4.79 Å². The zero-order valence-corrected chi connectivity index (χ0v) is 16.7. The molecule has 1 fully saturated rings. The van der Waals surface area contributed by atoms with Gasteiger partial charge < -0.3 is 19.4 Å². The van der Waals surface area contributed by atoms with Gasteiger partial charge in [0.05, 0.1) is 12.7 Å². The molecule has 0 spiro atoms. The second-order valence-corrected chi connectivity index (χ2v) is 7.45. The number of amides is 1. The van der Waals surface area contributed by atoms with Gasteiger partial charge in [0, 0.05) is 36.4 Å². The number of hydrogen-bond donors (Lipinski definition) is 1. The summed E-state index contributed by atoms with van der Waals surface area (Å²) >= 11 is 0. The molecule has 1 amide bonds. The van der Waals surface area contributed by atoms with Crippen LogP contribution in [0.1, 0.15) is 19.3 Å². The Labute approximate surface area is 171 Å². The average molecular weight is 392 g/mol. The standard InChI is InChI=1S/C24H28N2O3/c27-24(25-13-7-14-28-18-21-11-6-15-29-21)17-26-22-12-5-4-10-20(22)16-23(26)19-8-2-1-3-9-19/h1-5,8-10,12,16,21H,6-7,11,13-15,17-18H2,(H,25,27). The molecule has 3 aromatic rings. The van der Waals surface area contributed by atoms with Crippen molar-refractivity contribution in [1.29, 1.82) is 0 Å². The number of aromatic nitrogens is 1. The maximum atomic E-state index is 12.6. The molecule has 1 aromatic heterocycles. The first-order chi connectivity index (χ1) is 14.3. The summed E-state index contributed by atoms with van der Waals surface area (Å²) in [5.74, 6) is 0.0164. The van der Waals surface area contributed by atoms with Gasteiger partial charge >= 0.3 is 0 Å². The van der Waals surface area contributed by atoms with Gasteiger partial charge in [0.25, 0.3) is 0 Å². The third-order valence-electron chi connectivity index (χ3n) is 5.30. The lowest BCUT2D eigenvalue weighted by Crippen LogP contribution is -2.29. The first-order valence-electron chi connectivity index (χ1n) is 10.4. The number of fused-ring (bicyclic) bond motifs is 1. The van der Waals surface area contributed by atoms with E-state index in [0.29, 0.717) is 26.3 Å². The van der Waals surface area contributed by atoms with Crippen LogP contribution in [0, 0.1) is 0 Å². The number of nitrogens with zero attached hydrogens (tertiary/aromatic N) is 1. The minimum Gasteiger partial charge on any atom is -0.379 e. The van der Waals surface area contributed by atoms with Crippen LogP contribution < -0.4 is 5.32 Å². The SMILES string of the molecule is O=C(Cn1c(-c2ccccc2)cc2ccccc21)NCCCOCC1CCCO1. The molecule has 0 bridgehead atoms. The van der Waals surface area contributed by atoms with Crippen molar-refractivity contribution < 1.29 is 14.3 Å². The number of ether oxygens (including phenoxy) is 2. The summed E-state index contributed by atoms with van der Waals surface area (Å²) in [7, 11) is 0. The minimum absolute atomic E-state index is 0.0164. The molecule has 0 radical (unpaired) electrons. The first-order valence-corrected chi connectivity index (χ1v) is 10.4. The first kappa shape index (κ1) is 19.7. The lowest BCUT2D eigenvalue weighted by atomic mass is 10.1. The minimum atomic E-state index is 0.0164. The number of benzene rings is 2. The van der Waals surface area contributed by atoms with Crippen molar-refractivity contribution >= 4 is 16.8 Å². The van der Waals surface area contributed by atoms with Crippen LogP contribution in [0.15, 0.2) is 60.7 Å². The summed E-state index contributed by atoms with van der Waals surface area (Å²) in [5, 5.41) is 4.16. The zero-order valence-electron chi connectivity index (χ0n) is 16.7. The highest BCUT2D eigenvalue weighted by atomic mass is 16.5. The number of hydrogen-bond acceptors (Lipinski definition) is 3. The molecule has 1 saturated heterocycles. The topological polar surface area (TPSA) is 52.5 Å². The van der Waals surface area contributed by atoms with E-state index in [1.165, 1.54) is 0 Å². The van der Waals surface area contributed by atoms with Crippen molar-refractivity contribution in [2.75, 3.05) is 26.4 Å². The van der Waals surface area contributed by atoms with Crippen LogP contribution >= 0.6 is 0 Å². The summed E-state index contributed by atoms with van der Waals surface area (Å²) < 4.78 is 13.3. The Morgan fingerprint density at radius 3 is 2.79 bits per heavy atom. The van der Waals surface area contributed by atoms with Crippen molar-refractivity contribution in [3.8, 4) is 11.3 Å². The zero-order chi connectivity index (χ0) is 19.9. The largest absolute Gasteiger partial charge is 0.379 e. The number of rotatable bonds is 9. The van der Waals surface area contributed by atoms with Crippen molar-refractivity contribution in [1.82, 2.24) is 9.88 Å². The molecule has 2 aromatic carbocycles. The molecule has 0 saturated carbocycles. The van der Waals surface area contributed by atoms with Crippen LogP contribution in [0.3, 0.4) is 0 Å². The van der Waals surface area contributed by atoms with Gasteiger partial charge in [-0.1, -0.05) is 48.5 Å². The number of para-hydroxylation sites is 1. The van der Waals surface area contributed by atoms with Gasteiger partial charge in [0.15, 0.2) is 0 Å². The van der Waals surface area contributed by atoms with E-state index in [1.807, 2.05) is 30.3 Å². The number of carbonyl (C=O) groups is 1. The van der Waals surface area contributed by atoms with Gasteiger partial charge in [0.1, 0.15) is 6.54 Å². The predicted molar refractivity (Wildman–Crippen MR) is 115 cm³/mol. The summed E-state index contributed by atoms with van der Waals surface area (Å²) in [4.78, 5) is 12.6. The highest BCUT2D eigenvalue weighted by Crippen LogP contribution is 2.28. The summed E-state index contributed by atoms with van der Waals surface area (Å²) in [6.45, 7) is 3.06. The number of carbonyl (C=O) groups excluding carboxylic acids is 1. The van der Waals surface area contributed by atoms with Gasteiger partial charge in [-0.05, 0) is 37.0 Å². The lowest BCUT2D eigenvalue weighted by Gasteiger charge is -2.12. The molecular formula is C24H28N2O3. The maximum absolute atomic E-state index is 12.6. The van der Waals surface area contributed by atoms with E-state index < -0.39 is 0 Å². The molecule has 1 atom stereocenters. The van der Waals surface area contributed by atoms with Gasteiger partial charge in [-0.25, -0.2) is 0 Å². The molecule has 1 aliphatic rings. The van der Waals surface area contributed by atoms with Crippen LogP contribution in [0.2, 0.25) is 0 Å². The molecular weight excluding hydrogens is 364 g/mol. The van der Waals surface area contributed by atoms with E-state index in [-0.39, 0.29) is 12.0 Å². The van der Waals surface area contributed by atoms with Crippen molar-refractivity contribution in [3.63, 3.8) is 0 Å². The third-order valence-corrected chi connectivity index (χ3v) is 5.30. The van der Waals surface area contributed by atoms with Crippen molar-refractivity contribution in [2.24, 2.45) is 0 Å². The molecule has 0 aliphatic carbocycles. The molecule has 2 heterocycles. The molecule has 5 nitrogen and oxygen atoms in total. The van der Waals surface area contributed by atoms with E-state index in [2.05, 4.69) is 40.2 Å². The number of nitrogens with one attached hydrogen (secondary N) is 1. The van der Waals surface area contributed by atoms with Gasteiger partial charge in [-0.15, -0.1) is 0 Å². The monoisotopic (exact) mass is 392 g/mol. The van der Waals surface area contributed by atoms with Crippen LogP contribution in [-0.2, 0) is 20.8 Å². The van der Waals surface area contributed by atoms with Crippen LogP contribution in [0.4, 0.5) is 0 Å². The Balaban J connectivity index is 1.33. The summed E-state index contributed by atoms with van der Waals surface area (Å²) in [6, 6.07) is 20.5. The Bertz CT molecular complexity index is 930. The Hall–Kier alpha value is -2.63. The van der Waals surface area contributed by atoms with Crippen LogP contribution in [0.25, 0.3) is 22.2 Å². The molecule has 29 heavy (non-hydrogen) atoms. The second kappa shape index (κ2) is 9.72. The van der Waals surface area contributed by atoms with Crippen LogP contribution in [-0.4, -0.2) is 42.9 Å². The third kappa shape index (κ3) is 5.05. The van der Waals surface area contributed by atoms with E-state index in [4.69, 9.17) is 9.47 Å². The fourth-order valence-electron chi connectivity index (χ4n) is 3.82. The quantitative estimate of drug-likeness (QED) is 0.560. The van der Waals surface area contributed by atoms with Gasteiger partial charge in [0.2, 0.25) is 5.91 Å². The Kier molecular flexibility index (Phi) is 6.60. The fraction of sp³-hybridized carbons (Fsp3) is 0.375. The van der Waals surface area contributed by atoms with Crippen molar-refractivity contribution in [3.05, 3.63) is 60.7 Å². The Morgan fingerprint density at radius 1 is 1.14 bits per heavy atom. The fourth-order valence-corrected chi connectivity index (χ4v) is 3.82. The predicted octanol–water partition coefficient (Wildman–Crippen LogP) is 4.01. The van der Waals surface area contributed by atoms with Crippen molar-refractivity contribution in [2.45, 2.75) is 31.9 Å². The highest BCUT2D eigenvalue weighted by Gasteiger charge is 2.15. The molecule has 1 N–H and O–H groups in total. The highest BCUT2D eigenvalue weighted by molar-refractivity contribution is 5.89. The normalized spacial score (nSPS) is 16.3. The average Bonchev–Trinajstić information content (AvgIpc) is 3.40. The molecule has 1 aliphatic heterocycles. The molecule has 1 unspecified atom stereocenters. The van der Waals surface area contributed by atoms with E-state index in [1.54, 1.807) is 0 Å². The smallest absolute Gasteiger partial charge is 0.239 e. The summed E-state index contributed by atoms with van der Waals surface area (Å²) in [6.07, 6.45) is 3.27. The molecule has 5 heteroatoms. The molecule has 4 rings (SSSR count). The van der Waals surface area contributed by atoms with Crippen LogP contribution in [0.5, 0.6) is 0 Å². The van der Waals surface area contributed by atoms with Gasteiger partial charge in [-0.2, -0.15) is 0 Å².